The second-order valence-corrected chi connectivity index (χ2v) is 6.48. The number of carboxylic acids is 1. The molecule has 0 unspecified atom stereocenters. The van der Waals surface area contributed by atoms with Crippen LogP contribution in [-0.4, -0.2) is 17.0 Å². The van der Waals surface area contributed by atoms with Gasteiger partial charge in [0, 0.05) is 34.3 Å². The van der Waals surface area contributed by atoms with Crippen molar-refractivity contribution in [2.24, 2.45) is 0 Å². The summed E-state index contributed by atoms with van der Waals surface area (Å²) in [6, 6.07) is 17.4. The SMILES string of the molecule is CC(=O)[NH+]=c1ccc2c(-c3ccccc3C(=O)O)c3ccc(N)cc3oc-2c1. The number of nitrogens with two attached hydrogens (primary N) is 1. The molecule has 0 spiro atoms. The summed E-state index contributed by atoms with van der Waals surface area (Å²) in [6.45, 7) is 1.43. The third-order valence-electron chi connectivity index (χ3n) is 4.49. The number of nitrogen functional groups attached to an aromatic ring is 1. The lowest BCUT2D eigenvalue weighted by Crippen LogP contribution is -2.79. The number of carboxylic acid groups (broad SMARTS) is 1. The molecule has 28 heavy (non-hydrogen) atoms. The average molecular weight is 373 g/mol. The molecular formula is C22H17N2O4+. The van der Waals surface area contributed by atoms with Crippen LogP contribution in [0.4, 0.5) is 5.69 Å². The van der Waals surface area contributed by atoms with E-state index in [2.05, 4.69) is 4.99 Å². The fourth-order valence-corrected chi connectivity index (χ4v) is 3.37. The number of carbonyl (C=O) groups excluding carboxylic acids is 1. The highest BCUT2D eigenvalue weighted by Gasteiger charge is 2.21. The third-order valence-corrected chi connectivity index (χ3v) is 4.49. The number of rotatable bonds is 2. The number of aromatic carboxylic acids is 1. The minimum atomic E-state index is -1.01. The van der Waals surface area contributed by atoms with Gasteiger partial charge < -0.3 is 15.3 Å². The van der Waals surface area contributed by atoms with Crippen LogP contribution in [0.25, 0.3) is 33.4 Å². The molecule has 1 aliphatic carbocycles. The Bertz CT molecular complexity index is 1290. The van der Waals surface area contributed by atoms with E-state index in [4.69, 9.17) is 10.2 Å². The van der Waals surface area contributed by atoms with Crippen molar-refractivity contribution in [3.63, 3.8) is 0 Å². The minimum absolute atomic E-state index is 0.194. The van der Waals surface area contributed by atoms with Gasteiger partial charge in [-0.3, -0.25) is 0 Å². The van der Waals surface area contributed by atoms with Crippen LogP contribution in [0.2, 0.25) is 0 Å². The van der Waals surface area contributed by atoms with Crippen LogP contribution < -0.4 is 16.1 Å². The van der Waals surface area contributed by atoms with Crippen molar-refractivity contribution in [2.75, 3.05) is 5.73 Å². The van der Waals surface area contributed by atoms with Gasteiger partial charge in [-0.25, -0.2) is 9.59 Å². The molecule has 1 amide bonds. The molecule has 0 saturated carbocycles. The number of hydrogen-bond donors (Lipinski definition) is 3. The number of carbonyl (C=O) groups is 2. The third kappa shape index (κ3) is 3.01. The first-order chi connectivity index (χ1) is 13.4. The lowest BCUT2D eigenvalue weighted by Gasteiger charge is -2.16. The lowest BCUT2D eigenvalue weighted by atomic mass is 9.91. The molecule has 138 valence electrons. The second-order valence-electron chi connectivity index (χ2n) is 6.48. The van der Waals surface area contributed by atoms with E-state index in [0.29, 0.717) is 28.0 Å². The van der Waals surface area contributed by atoms with Crippen molar-refractivity contribution < 1.29 is 24.1 Å². The Balaban J connectivity index is 2.17. The van der Waals surface area contributed by atoms with Gasteiger partial charge in [-0.05, 0) is 29.8 Å². The van der Waals surface area contributed by atoms with E-state index in [1.165, 1.54) is 6.92 Å². The van der Waals surface area contributed by atoms with Gasteiger partial charge in [0.25, 0.3) is 0 Å². The summed E-state index contributed by atoms with van der Waals surface area (Å²) in [5.41, 5.74) is 9.23. The first-order valence-corrected chi connectivity index (χ1v) is 8.63. The maximum atomic E-state index is 11.8. The Hall–Kier alpha value is -3.93. The lowest BCUT2D eigenvalue weighted by molar-refractivity contribution is -0.414. The normalized spacial score (nSPS) is 11.8. The van der Waals surface area contributed by atoms with E-state index in [-0.39, 0.29) is 11.5 Å². The average Bonchev–Trinajstić information content (AvgIpc) is 2.65. The van der Waals surface area contributed by atoms with Crippen LogP contribution >= 0.6 is 0 Å². The Morgan fingerprint density at radius 1 is 1.00 bits per heavy atom. The monoisotopic (exact) mass is 373 g/mol. The van der Waals surface area contributed by atoms with Gasteiger partial charge in [-0.1, -0.05) is 18.2 Å². The van der Waals surface area contributed by atoms with E-state index in [9.17, 15) is 14.7 Å². The predicted octanol–water partition coefficient (Wildman–Crippen LogP) is 2.01. The first kappa shape index (κ1) is 17.5. The number of nitrogens with one attached hydrogen (secondary N) is 1. The zero-order chi connectivity index (χ0) is 19.8. The molecule has 6 nitrogen and oxygen atoms in total. The summed E-state index contributed by atoms with van der Waals surface area (Å²) >= 11 is 0. The number of fused-ring (bicyclic) bond motifs is 2. The van der Waals surface area contributed by atoms with Crippen LogP contribution in [0.15, 0.2) is 65.1 Å². The zero-order valence-electron chi connectivity index (χ0n) is 15.0. The van der Waals surface area contributed by atoms with Gasteiger partial charge in [0.15, 0.2) is 0 Å². The van der Waals surface area contributed by atoms with Gasteiger partial charge in [-0.15, -0.1) is 0 Å². The van der Waals surface area contributed by atoms with Gasteiger partial charge in [0.1, 0.15) is 11.3 Å². The number of anilines is 1. The molecule has 4 rings (SSSR count). The van der Waals surface area contributed by atoms with E-state index in [0.717, 1.165) is 16.5 Å². The van der Waals surface area contributed by atoms with Crippen molar-refractivity contribution in [1.82, 2.24) is 0 Å². The molecule has 2 aliphatic rings. The molecule has 1 heterocycles. The van der Waals surface area contributed by atoms with E-state index < -0.39 is 5.97 Å². The van der Waals surface area contributed by atoms with Crippen LogP contribution in [0.3, 0.4) is 0 Å². The van der Waals surface area contributed by atoms with E-state index in [1.54, 1.807) is 48.5 Å². The topological polar surface area (TPSA) is 108 Å². The molecule has 0 aromatic heterocycles. The van der Waals surface area contributed by atoms with Crippen molar-refractivity contribution >= 4 is 28.5 Å². The summed E-state index contributed by atoms with van der Waals surface area (Å²) in [5, 5.41) is 11.0. The smallest absolute Gasteiger partial charge is 0.382 e. The largest absolute Gasteiger partial charge is 0.478 e. The highest BCUT2D eigenvalue weighted by molar-refractivity contribution is 6.07. The number of amides is 1. The van der Waals surface area contributed by atoms with E-state index in [1.807, 2.05) is 12.1 Å². The highest BCUT2D eigenvalue weighted by atomic mass is 16.4. The molecule has 0 radical (unpaired) electrons. The molecule has 2 aromatic carbocycles. The van der Waals surface area contributed by atoms with E-state index >= 15 is 0 Å². The number of hydrogen-bond acceptors (Lipinski definition) is 4. The fraction of sp³-hybridized carbons (Fsp3) is 0.0455. The summed E-state index contributed by atoms with van der Waals surface area (Å²) in [6.07, 6.45) is 0. The Kier molecular flexibility index (Phi) is 4.16. The second kappa shape index (κ2) is 6.66. The Morgan fingerprint density at radius 3 is 2.54 bits per heavy atom. The quantitative estimate of drug-likeness (QED) is 0.368. The molecule has 4 N–H and O–H groups in total. The van der Waals surface area contributed by atoms with Crippen molar-refractivity contribution in [3.05, 3.63) is 71.6 Å². The van der Waals surface area contributed by atoms with Crippen molar-refractivity contribution in [3.8, 4) is 22.5 Å². The molecule has 2 aromatic rings. The fourth-order valence-electron chi connectivity index (χ4n) is 3.37. The standard InChI is InChI=1S/C22H16N2O4/c1-12(25)24-14-7-9-18-20(11-14)28-19-10-13(23)6-8-17(19)21(18)15-4-2-3-5-16(15)22(26)27/h2-11H,23H2,1H3,(H,26,27)/p+1. The highest BCUT2D eigenvalue weighted by Crippen LogP contribution is 2.41. The van der Waals surface area contributed by atoms with Crippen molar-refractivity contribution in [2.45, 2.75) is 6.92 Å². The minimum Gasteiger partial charge on any atom is -0.478 e. The first-order valence-electron chi connectivity index (χ1n) is 8.63. The van der Waals surface area contributed by atoms with Gasteiger partial charge in [0.05, 0.1) is 18.6 Å². The Labute approximate surface area is 159 Å². The summed E-state index contributed by atoms with van der Waals surface area (Å²) < 4.78 is 6.03. The summed E-state index contributed by atoms with van der Waals surface area (Å²) in [7, 11) is 0. The Morgan fingerprint density at radius 2 is 1.79 bits per heavy atom. The molecule has 0 atom stereocenters. The molecule has 0 saturated heterocycles. The zero-order valence-corrected chi connectivity index (χ0v) is 15.0. The summed E-state index contributed by atoms with van der Waals surface area (Å²) in [5.74, 6) is -0.691. The van der Waals surface area contributed by atoms with Gasteiger partial charge in [0.2, 0.25) is 5.36 Å². The van der Waals surface area contributed by atoms with Crippen LogP contribution in [0.5, 0.6) is 0 Å². The predicted molar refractivity (Wildman–Crippen MR) is 104 cm³/mol. The maximum Gasteiger partial charge on any atom is 0.382 e. The summed E-state index contributed by atoms with van der Waals surface area (Å²) in [4.78, 5) is 25.9. The molecule has 6 heteroatoms. The van der Waals surface area contributed by atoms with Crippen molar-refractivity contribution in [1.29, 1.82) is 0 Å². The van der Waals surface area contributed by atoms with Crippen LogP contribution in [0.1, 0.15) is 17.3 Å². The molecule has 1 aliphatic heterocycles. The molecule has 0 fully saturated rings. The van der Waals surface area contributed by atoms with Crippen LogP contribution in [-0.2, 0) is 4.79 Å². The molecular weight excluding hydrogens is 356 g/mol. The van der Waals surface area contributed by atoms with Crippen LogP contribution in [0, 0.1) is 0 Å². The van der Waals surface area contributed by atoms with Gasteiger partial charge in [-0.2, -0.15) is 4.99 Å². The molecule has 0 bridgehead atoms. The number of benzene rings is 3. The maximum absolute atomic E-state index is 11.8. The van der Waals surface area contributed by atoms with Gasteiger partial charge >= 0.3 is 11.9 Å².